The summed E-state index contributed by atoms with van der Waals surface area (Å²) in [5.74, 6) is 4.14. The molecule has 0 unspecified atom stereocenters. The first-order valence-electron chi connectivity index (χ1n) is 20.4. The molecule has 4 N–H and O–H groups in total. The van der Waals surface area contributed by atoms with Crippen molar-refractivity contribution in [3.8, 4) is 0 Å². The molecule has 0 spiro atoms. The Bertz CT molecular complexity index is 1860. The molecule has 0 fully saturated rings. The van der Waals surface area contributed by atoms with Gasteiger partial charge in [-0.2, -0.15) is 0 Å². The van der Waals surface area contributed by atoms with Gasteiger partial charge in [-0.1, -0.05) is 55.4 Å². The smallest absolute Gasteiger partial charge is 0.116 e. The lowest BCUT2D eigenvalue weighted by atomic mass is 9.77. The molecule has 6 rings (SSSR count). The summed E-state index contributed by atoms with van der Waals surface area (Å²) >= 11 is 0. The van der Waals surface area contributed by atoms with Crippen molar-refractivity contribution >= 4 is 0 Å². The van der Waals surface area contributed by atoms with Crippen molar-refractivity contribution in [1.29, 1.82) is 0 Å². The van der Waals surface area contributed by atoms with E-state index in [1.807, 2.05) is 12.4 Å². The summed E-state index contributed by atoms with van der Waals surface area (Å²) in [5.41, 5.74) is 6.02. The quantitative estimate of drug-likeness (QED) is 0.0713. The minimum Gasteiger partial charge on any atom is -0.464 e. The molecule has 53 heavy (non-hydrogen) atoms. The van der Waals surface area contributed by atoms with E-state index in [9.17, 15) is 0 Å². The van der Waals surface area contributed by atoms with Gasteiger partial charge in [0.25, 0.3) is 0 Å². The molecule has 0 aliphatic rings. The molecule has 0 aromatic carbocycles. The molecule has 0 aliphatic heterocycles. The van der Waals surface area contributed by atoms with Gasteiger partial charge in [0.05, 0.1) is 21.7 Å². The highest BCUT2D eigenvalue weighted by Gasteiger charge is 2.43. The number of aromatic nitrogens is 4. The lowest BCUT2D eigenvalue weighted by Gasteiger charge is -2.32. The van der Waals surface area contributed by atoms with E-state index in [0.717, 1.165) is 74.4 Å². The molecule has 6 aromatic rings. The maximum absolute atomic E-state index is 6.94. The third kappa shape index (κ3) is 5.92. The molecule has 0 saturated carbocycles. The second-order valence-corrected chi connectivity index (χ2v) is 15.8. The fourth-order valence-corrected chi connectivity index (χ4v) is 9.63. The first kappa shape index (κ1) is 38.4. The Hall–Kier alpha value is -4.32. The van der Waals surface area contributed by atoms with E-state index in [0.29, 0.717) is 0 Å². The van der Waals surface area contributed by atoms with Gasteiger partial charge in [0, 0.05) is 52.0 Å². The number of furan rings is 2. The predicted octanol–water partition coefficient (Wildman–Crippen LogP) is 12.9. The molecule has 284 valence electrons. The van der Waals surface area contributed by atoms with Gasteiger partial charge in [-0.05, 0) is 138 Å². The number of nitrogens with one attached hydrogen (secondary N) is 4. The highest BCUT2D eigenvalue weighted by Crippen LogP contribution is 2.47. The lowest BCUT2D eigenvalue weighted by molar-refractivity contribution is 0.299. The highest BCUT2D eigenvalue weighted by atomic mass is 16.3. The summed E-state index contributed by atoms with van der Waals surface area (Å²) in [4.78, 5) is 14.9. The second kappa shape index (κ2) is 14.8. The van der Waals surface area contributed by atoms with Crippen LogP contribution in [0.1, 0.15) is 178 Å². The van der Waals surface area contributed by atoms with Gasteiger partial charge >= 0.3 is 0 Å². The van der Waals surface area contributed by atoms with E-state index < -0.39 is 0 Å². The summed E-state index contributed by atoms with van der Waals surface area (Å²) in [6.45, 7) is 22.8. The number of hydrogen-bond acceptors (Lipinski definition) is 2. The fraction of sp³-hybridized carbons (Fsp3) is 0.489. The van der Waals surface area contributed by atoms with Gasteiger partial charge in [-0.3, -0.25) is 0 Å². The monoisotopic (exact) mass is 717 g/mol. The number of rotatable bonds is 18. The third-order valence-electron chi connectivity index (χ3n) is 13.9. The molecule has 0 atom stereocenters. The largest absolute Gasteiger partial charge is 0.464 e. The molecule has 0 saturated heterocycles. The van der Waals surface area contributed by atoms with Crippen LogP contribution in [0, 0.1) is 0 Å². The first-order chi connectivity index (χ1) is 25.5. The molecule has 0 bridgehead atoms. The zero-order valence-electron chi connectivity index (χ0n) is 34.1. The minimum absolute atomic E-state index is 0.177. The normalized spacial score (nSPS) is 13.3. The van der Waals surface area contributed by atoms with Crippen LogP contribution in [-0.2, 0) is 27.1 Å². The zero-order valence-corrected chi connectivity index (χ0v) is 34.1. The van der Waals surface area contributed by atoms with Crippen LogP contribution in [0.15, 0.2) is 94.0 Å². The number of hydrogen-bond donors (Lipinski definition) is 4. The van der Waals surface area contributed by atoms with Crippen LogP contribution >= 0.6 is 0 Å². The Morgan fingerprint density at radius 2 is 0.660 bits per heavy atom. The zero-order chi connectivity index (χ0) is 38.1. The molecule has 0 radical (unpaired) electrons. The van der Waals surface area contributed by atoms with Crippen molar-refractivity contribution in [2.24, 2.45) is 0 Å². The van der Waals surface area contributed by atoms with Crippen LogP contribution in [0.4, 0.5) is 0 Å². The van der Waals surface area contributed by atoms with Crippen molar-refractivity contribution in [1.82, 2.24) is 19.9 Å². The van der Waals surface area contributed by atoms with E-state index in [1.165, 1.54) is 34.2 Å². The van der Waals surface area contributed by atoms with Gasteiger partial charge in [0.15, 0.2) is 0 Å². The molecular formula is C47H64N4O2. The van der Waals surface area contributed by atoms with E-state index in [1.54, 1.807) is 0 Å². The van der Waals surface area contributed by atoms with Crippen molar-refractivity contribution in [2.75, 3.05) is 0 Å². The number of aromatic amines is 4. The maximum atomic E-state index is 6.94. The average Bonchev–Trinajstić information content (AvgIpc) is 4.02. The summed E-state index contributed by atoms with van der Waals surface area (Å²) in [6.07, 6.45) is 11.6. The van der Waals surface area contributed by atoms with Crippen molar-refractivity contribution < 1.29 is 8.83 Å². The first-order valence-corrected chi connectivity index (χ1v) is 20.4. The van der Waals surface area contributed by atoms with Crippen LogP contribution in [0.2, 0.25) is 0 Å². The van der Waals surface area contributed by atoms with Crippen LogP contribution in [0.5, 0.6) is 0 Å². The molecule has 6 nitrogen and oxygen atoms in total. The van der Waals surface area contributed by atoms with Crippen LogP contribution < -0.4 is 0 Å². The molecular weight excluding hydrogens is 653 g/mol. The van der Waals surface area contributed by atoms with Crippen molar-refractivity contribution in [3.63, 3.8) is 0 Å². The van der Waals surface area contributed by atoms with Crippen molar-refractivity contribution in [3.05, 3.63) is 142 Å². The topological polar surface area (TPSA) is 89.4 Å². The second-order valence-electron chi connectivity index (χ2n) is 15.8. The van der Waals surface area contributed by atoms with Gasteiger partial charge in [0.2, 0.25) is 0 Å². The SMILES string of the molecule is CCC(CC)(c1ccc[nH]1)c1ccc(C(CC)(CC)c2ccc(C(C)(C)c3ccc(C(CC)(CC)c4ccc(C(CC)(CC)c5ccc[nH]5)o4)[nH]3)[nH]2)o1. The van der Waals surface area contributed by atoms with Gasteiger partial charge in [0.1, 0.15) is 23.0 Å². The van der Waals surface area contributed by atoms with Crippen LogP contribution in [0.3, 0.4) is 0 Å². The predicted molar refractivity (Wildman–Crippen MR) is 218 cm³/mol. The lowest BCUT2D eigenvalue weighted by Crippen LogP contribution is -2.29. The Morgan fingerprint density at radius 1 is 0.377 bits per heavy atom. The average molecular weight is 717 g/mol. The molecule has 6 aromatic heterocycles. The minimum atomic E-state index is -0.292. The maximum Gasteiger partial charge on any atom is 0.116 e. The third-order valence-corrected chi connectivity index (χ3v) is 13.9. The van der Waals surface area contributed by atoms with Crippen LogP contribution in [0.25, 0.3) is 0 Å². The molecule has 0 amide bonds. The molecule has 6 heterocycles. The van der Waals surface area contributed by atoms with E-state index in [2.05, 4.69) is 162 Å². The summed E-state index contributed by atoms with van der Waals surface area (Å²) in [6, 6.07) is 26.6. The Balaban J connectivity index is 1.33. The summed E-state index contributed by atoms with van der Waals surface area (Å²) < 4.78 is 13.9. The van der Waals surface area contributed by atoms with Gasteiger partial charge < -0.3 is 28.8 Å². The van der Waals surface area contributed by atoms with E-state index in [4.69, 9.17) is 8.83 Å². The van der Waals surface area contributed by atoms with E-state index >= 15 is 0 Å². The molecule has 6 heteroatoms. The Labute approximate surface area is 318 Å². The fourth-order valence-electron chi connectivity index (χ4n) is 9.63. The highest BCUT2D eigenvalue weighted by molar-refractivity contribution is 5.42. The standard InChI is InChI=1S/C47H64N4O2/c1-11-44(12-2,35-21-19-31-48-35)39-27-29-41(52-39)46(15-5,16-6)37-25-23-33(50-37)43(9,10)34-24-26-38(51-34)47(17-7,18-8)42-30-28-40(53-42)45(13-3,14-4)36-22-20-32-49-36/h19-32,48-51H,11-18H2,1-10H3. The summed E-state index contributed by atoms with van der Waals surface area (Å²) in [7, 11) is 0. The Morgan fingerprint density at radius 3 is 0.925 bits per heavy atom. The van der Waals surface area contributed by atoms with Gasteiger partial charge in [-0.25, -0.2) is 0 Å². The van der Waals surface area contributed by atoms with Gasteiger partial charge in [-0.15, -0.1) is 0 Å². The summed E-state index contributed by atoms with van der Waals surface area (Å²) in [5, 5.41) is 0. The van der Waals surface area contributed by atoms with Crippen molar-refractivity contribution in [2.45, 2.75) is 148 Å². The number of H-pyrrole nitrogens is 4. The van der Waals surface area contributed by atoms with E-state index in [-0.39, 0.29) is 27.1 Å². The van der Waals surface area contributed by atoms with Crippen LogP contribution in [-0.4, -0.2) is 19.9 Å². The Kier molecular flexibility index (Phi) is 10.8. The molecule has 0 aliphatic carbocycles.